The summed E-state index contributed by atoms with van der Waals surface area (Å²) in [5, 5.41) is 2.78. The van der Waals surface area contributed by atoms with Gasteiger partial charge in [0.15, 0.2) is 0 Å². The summed E-state index contributed by atoms with van der Waals surface area (Å²) in [7, 11) is 1.63. The second-order valence-electron chi connectivity index (χ2n) is 4.36. The second-order valence-corrected chi connectivity index (χ2v) is 5.45. The Labute approximate surface area is 128 Å². The molecule has 2 aromatic carbocycles. The maximum atomic E-state index is 11.9. The number of para-hydroxylation sites is 1. The summed E-state index contributed by atoms with van der Waals surface area (Å²) < 4.78 is 5.33. The average Bonchev–Trinajstić information content (AvgIpc) is 2.50. The van der Waals surface area contributed by atoms with E-state index in [-0.39, 0.29) is 5.91 Å². The summed E-state index contributed by atoms with van der Waals surface area (Å²) in [4.78, 5) is 13.7. The van der Waals surface area contributed by atoms with Crippen LogP contribution in [0.5, 0.6) is 5.75 Å². The molecule has 0 saturated carbocycles. The fraction of sp³-hybridized carbons (Fsp3) is 0.188. The summed E-state index contributed by atoms with van der Waals surface area (Å²) in [6, 6.07) is 13.0. The van der Waals surface area contributed by atoms with Crippen molar-refractivity contribution in [2.24, 2.45) is 0 Å². The molecule has 0 aliphatic carbocycles. The number of rotatable bonds is 5. The van der Waals surface area contributed by atoms with Crippen LogP contribution in [0.25, 0.3) is 0 Å². The minimum atomic E-state index is -0.0978. The van der Waals surface area contributed by atoms with Gasteiger partial charge in [0.1, 0.15) is 5.75 Å². The Balaban J connectivity index is 2.31. The number of nitrogens with two attached hydrogens (primary N) is 1. The molecule has 110 valence electrons. The van der Waals surface area contributed by atoms with Crippen molar-refractivity contribution >= 4 is 23.4 Å². The van der Waals surface area contributed by atoms with Crippen molar-refractivity contribution in [2.75, 3.05) is 19.4 Å². The third-order valence-electron chi connectivity index (χ3n) is 2.90. The van der Waals surface area contributed by atoms with Crippen molar-refractivity contribution in [2.45, 2.75) is 16.7 Å². The third-order valence-corrected chi connectivity index (χ3v) is 4.03. The number of benzene rings is 2. The van der Waals surface area contributed by atoms with Gasteiger partial charge >= 0.3 is 0 Å². The average molecular weight is 302 g/mol. The van der Waals surface area contributed by atoms with E-state index in [4.69, 9.17) is 10.5 Å². The molecule has 2 aromatic rings. The Kier molecular flexibility index (Phi) is 5.11. The van der Waals surface area contributed by atoms with E-state index in [1.54, 1.807) is 25.3 Å². The van der Waals surface area contributed by atoms with Crippen molar-refractivity contribution in [1.29, 1.82) is 0 Å². The zero-order valence-electron chi connectivity index (χ0n) is 12.1. The van der Waals surface area contributed by atoms with Crippen molar-refractivity contribution in [3.05, 3.63) is 48.0 Å². The number of methoxy groups -OCH3 is 1. The minimum Gasteiger partial charge on any atom is -0.496 e. The van der Waals surface area contributed by atoms with Gasteiger partial charge in [0.2, 0.25) is 0 Å². The fourth-order valence-electron chi connectivity index (χ4n) is 1.85. The van der Waals surface area contributed by atoms with Crippen molar-refractivity contribution in [1.82, 2.24) is 5.32 Å². The minimum absolute atomic E-state index is 0.0978. The highest BCUT2D eigenvalue weighted by Gasteiger charge is 2.11. The van der Waals surface area contributed by atoms with Gasteiger partial charge in [0.25, 0.3) is 5.91 Å². The highest BCUT2D eigenvalue weighted by Crippen LogP contribution is 2.37. The maximum absolute atomic E-state index is 11.9. The standard InChI is InChI=1S/C16H18N2O2S/c1-3-18-16(19)11-8-9-12(17)15(10-11)21-14-7-5-4-6-13(14)20-2/h4-10H,3,17H2,1-2H3,(H,18,19). The SMILES string of the molecule is CCNC(=O)c1ccc(N)c(Sc2ccccc2OC)c1. The number of nitrogens with one attached hydrogen (secondary N) is 1. The molecule has 0 fully saturated rings. The Morgan fingerprint density at radius 1 is 1.24 bits per heavy atom. The Bertz CT molecular complexity index is 644. The van der Waals surface area contributed by atoms with Gasteiger partial charge in [-0.2, -0.15) is 0 Å². The summed E-state index contributed by atoms with van der Waals surface area (Å²) in [6.45, 7) is 2.48. The highest BCUT2D eigenvalue weighted by molar-refractivity contribution is 7.99. The lowest BCUT2D eigenvalue weighted by Crippen LogP contribution is -2.22. The quantitative estimate of drug-likeness (QED) is 0.833. The number of ether oxygens (including phenoxy) is 1. The second kappa shape index (κ2) is 7.04. The van der Waals surface area contributed by atoms with E-state index in [1.165, 1.54) is 11.8 Å². The van der Waals surface area contributed by atoms with Crippen LogP contribution < -0.4 is 15.8 Å². The molecule has 0 unspecified atom stereocenters. The lowest BCUT2D eigenvalue weighted by atomic mass is 10.2. The molecule has 0 aliphatic rings. The Morgan fingerprint density at radius 3 is 2.71 bits per heavy atom. The summed E-state index contributed by atoms with van der Waals surface area (Å²) >= 11 is 1.49. The molecule has 1 amide bonds. The smallest absolute Gasteiger partial charge is 0.251 e. The first kappa shape index (κ1) is 15.3. The fourth-order valence-corrected chi connectivity index (χ4v) is 2.86. The molecule has 0 aromatic heterocycles. The Hall–Kier alpha value is -2.14. The molecular formula is C16H18N2O2S. The van der Waals surface area contributed by atoms with E-state index in [0.29, 0.717) is 17.8 Å². The van der Waals surface area contributed by atoms with Gasteiger partial charge in [0, 0.05) is 22.7 Å². The molecule has 0 atom stereocenters. The first-order chi connectivity index (χ1) is 10.2. The maximum Gasteiger partial charge on any atom is 0.251 e. The van der Waals surface area contributed by atoms with Gasteiger partial charge in [-0.25, -0.2) is 0 Å². The first-order valence-electron chi connectivity index (χ1n) is 6.64. The number of hydrogen-bond donors (Lipinski definition) is 2. The first-order valence-corrected chi connectivity index (χ1v) is 7.46. The molecule has 2 rings (SSSR count). The zero-order chi connectivity index (χ0) is 15.2. The van der Waals surface area contributed by atoms with Gasteiger partial charge in [-0.05, 0) is 37.3 Å². The van der Waals surface area contributed by atoms with E-state index in [2.05, 4.69) is 5.32 Å². The van der Waals surface area contributed by atoms with Crippen LogP contribution in [-0.4, -0.2) is 19.6 Å². The molecular weight excluding hydrogens is 284 g/mol. The lowest BCUT2D eigenvalue weighted by molar-refractivity contribution is 0.0955. The van der Waals surface area contributed by atoms with Crippen LogP contribution in [0.3, 0.4) is 0 Å². The van der Waals surface area contributed by atoms with Crippen molar-refractivity contribution in [3.63, 3.8) is 0 Å². The van der Waals surface area contributed by atoms with Crippen LogP contribution in [-0.2, 0) is 0 Å². The number of carbonyl (C=O) groups is 1. The normalized spacial score (nSPS) is 10.2. The monoisotopic (exact) mass is 302 g/mol. The molecule has 0 spiro atoms. The van der Waals surface area contributed by atoms with Crippen LogP contribution in [0.15, 0.2) is 52.3 Å². The van der Waals surface area contributed by atoms with Crippen LogP contribution in [0.1, 0.15) is 17.3 Å². The number of nitrogen functional groups attached to an aromatic ring is 1. The zero-order valence-corrected chi connectivity index (χ0v) is 12.9. The lowest BCUT2D eigenvalue weighted by Gasteiger charge is -2.11. The predicted octanol–water partition coefficient (Wildman–Crippen LogP) is 3.18. The van der Waals surface area contributed by atoms with Crippen LogP contribution >= 0.6 is 11.8 Å². The summed E-state index contributed by atoms with van der Waals surface area (Å²) in [5.74, 6) is 0.685. The molecule has 5 heteroatoms. The molecule has 21 heavy (non-hydrogen) atoms. The number of hydrogen-bond acceptors (Lipinski definition) is 4. The third kappa shape index (κ3) is 3.70. The highest BCUT2D eigenvalue weighted by atomic mass is 32.2. The molecule has 0 bridgehead atoms. The number of amides is 1. The molecule has 4 nitrogen and oxygen atoms in total. The summed E-state index contributed by atoms with van der Waals surface area (Å²) in [5.41, 5.74) is 7.25. The molecule has 0 saturated heterocycles. The van der Waals surface area contributed by atoms with Crippen LogP contribution in [0.2, 0.25) is 0 Å². The van der Waals surface area contributed by atoms with E-state index < -0.39 is 0 Å². The van der Waals surface area contributed by atoms with Gasteiger partial charge < -0.3 is 15.8 Å². The number of carbonyl (C=O) groups excluding carboxylic acids is 1. The van der Waals surface area contributed by atoms with Gasteiger partial charge in [-0.1, -0.05) is 23.9 Å². The largest absolute Gasteiger partial charge is 0.496 e. The van der Waals surface area contributed by atoms with E-state index >= 15 is 0 Å². The molecule has 0 aliphatic heterocycles. The number of anilines is 1. The predicted molar refractivity (Wildman–Crippen MR) is 86.0 cm³/mol. The van der Waals surface area contributed by atoms with E-state index in [0.717, 1.165) is 15.5 Å². The van der Waals surface area contributed by atoms with Gasteiger partial charge in [0.05, 0.1) is 12.0 Å². The topological polar surface area (TPSA) is 64.4 Å². The van der Waals surface area contributed by atoms with Gasteiger partial charge in [-0.15, -0.1) is 0 Å². The van der Waals surface area contributed by atoms with Crippen molar-refractivity contribution < 1.29 is 9.53 Å². The van der Waals surface area contributed by atoms with Crippen LogP contribution in [0.4, 0.5) is 5.69 Å². The molecule has 0 heterocycles. The molecule has 3 N–H and O–H groups in total. The Morgan fingerprint density at radius 2 is 2.00 bits per heavy atom. The summed E-state index contributed by atoms with van der Waals surface area (Å²) in [6.07, 6.45) is 0. The van der Waals surface area contributed by atoms with Gasteiger partial charge in [-0.3, -0.25) is 4.79 Å². The van der Waals surface area contributed by atoms with Crippen molar-refractivity contribution in [3.8, 4) is 5.75 Å². The van der Waals surface area contributed by atoms with Crippen LogP contribution in [0, 0.1) is 0 Å². The van der Waals surface area contributed by atoms with E-state index in [9.17, 15) is 4.79 Å². The van der Waals surface area contributed by atoms with E-state index in [1.807, 2.05) is 31.2 Å². The molecule has 0 radical (unpaired) electrons.